The van der Waals surface area contributed by atoms with Crippen molar-refractivity contribution in [1.29, 1.82) is 0 Å². The van der Waals surface area contributed by atoms with Crippen LogP contribution in [-0.2, 0) is 0 Å². The van der Waals surface area contributed by atoms with Crippen LogP contribution in [0.2, 0.25) is 0 Å². The quantitative estimate of drug-likeness (QED) is 0.671. The Balaban J connectivity index is 2.13. The van der Waals surface area contributed by atoms with Crippen LogP contribution in [0.5, 0.6) is 0 Å². The van der Waals surface area contributed by atoms with Gasteiger partial charge in [0, 0.05) is 12.2 Å². The van der Waals surface area contributed by atoms with Crippen LogP contribution in [-0.4, -0.2) is 22.3 Å². The van der Waals surface area contributed by atoms with Crippen molar-refractivity contribution in [3.05, 3.63) is 18.0 Å². The fourth-order valence-corrected chi connectivity index (χ4v) is 0.918. The van der Waals surface area contributed by atoms with Crippen LogP contribution < -0.4 is 5.32 Å². The van der Waals surface area contributed by atoms with Crippen LogP contribution in [0, 0.1) is 0 Å². The summed E-state index contributed by atoms with van der Waals surface area (Å²) in [4.78, 5) is 18.3. The molecule has 0 spiro atoms. The van der Waals surface area contributed by atoms with E-state index in [4.69, 9.17) is 0 Å². The standard InChI is InChI=1S/C8H9N3O/c12-5-7-3-4-9-8(11-7)10-6-1-2-6/h3-6H,1-2H2,(H,9,10,11). The molecule has 0 unspecified atom stereocenters. The molecule has 1 aromatic rings. The second kappa shape index (κ2) is 2.89. The van der Waals surface area contributed by atoms with Gasteiger partial charge >= 0.3 is 0 Å². The molecule has 0 radical (unpaired) electrons. The molecule has 1 fully saturated rings. The van der Waals surface area contributed by atoms with Crippen LogP contribution in [0.1, 0.15) is 23.3 Å². The Morgan fingerprint density at radius 2 is 2.42 bits per heavy atom. The van der Waals surface area contributed by atoms with Gasteiger partial charge in [-0.15, -0.1) is 0 Å². The molecule has 0 aromatic carbocycles. The van der Waals surface area contributed by atoms with Gasteiger partial charge in [0.25, 0.3) is 0 Å². The Hall–Kier alpha value is -1.45. The molecular weight excluding hydrogens is 154 g/mol. The van der Waals surface area contributed by atoms with Crippen LogP contribution in [0.3, 0.4) is 0 Å². The Labute approximate surface area is 70.0 Å². The lowest BCUT2D eigenvalue weighted by molar-refractivity contribution is 0.111. The number of hydrogen-bond donors (Lipinski definition) is 1. The number of aldehydes is 1. The van der Waals surface area contributed by atoms with Gasteiger partial charge in [0.15, 0.2) is 6.29 Å². The molecule has 62 valence electrons. The SMILES string of the molecule is O=Cc1ccnc(NC2CC2)n1. The molecule has 0 aliphatic heterocycles. The van der Waals surface area contributed by atoms with E-state index in [2.05, 4.69) is 15.3 Å². The van der Waals surface area contributed by atoms with E-state index in [0.717, 1.165) is 6.29 Å². The Bertz CT molecular complexity index is 296. The van der Waals surface area contributed by atoms with Crippen molar-refractivity contribution in [2.75, 3.05) is 5.32 Å². The molecule has 1 heterocycles. The molecular formula is C8H9N3O. The lowest BCUT2D eigenvalue weighted by Crippen LogP contribution is -2.05. The number of hydrogen-bond acceptors (Lipinski definition) is 4. The van der Waals surface area contributed by atoms with E-state index in [1.807, 2.05) is 0 Å². The van der Waals surface area contributed by atoms with Crippen LogP contribution >= 0.6 is 0 Å². The number of nitrogens with zero attached hydrogens (tertiary/aromatic N) is 2. The van der Waals surface area contributed by atoms with E-state index in [-0.39, 0.29) is 0 Å². The Kier molecular flexibility index (Phi) is 1.74. The summed E-state index contributed by atoms with van der Waals surface area (Å²) in [6.07, 6.45) is 4.66. The summed E-state index contributed by atoms with van der Waals surface area (Å²) < 4.78 is 0. The van der Waals surface area contributed by atoms with Crippen molar-refractivity contribution in [3.63, 3.8) is 0 Å². The van der Waals surface area contributed by atoms with E-state index in [9.17, 15) is 4.79 Å². The molecule has 0 atom stereocenters. The van der Waals surface area contributed by atoms with Gasteiger partial charge in [0.2, 0.25) is 5.95 Å². The number of nitrogens with one attached hydrogen (secondary N) is 1. The van der Waals surface area contributed by atoms with Crippen molar-refractivity contribution < 1.29 is 4.79 Å². The highest BCUT2D eigenvalue weighted by Gasteiger charge is 2.21. The molecule has 1 N–H and O–H groups in total. The highest BCUT2D eigenvalue weighted by atomic mass is 16.1. The maximum atomic E-state index is 10.3. The maximum absolute atomic E-state index is 10.3. The molecule has 1 aliphatic rings. The monoisotopic (exact) mass is 163 g/mol. The number of aromatic nitrogens is 2. The van der Waals surface area contributed by atoms with E-state index >= 15 is 0 Å². The van der Waals surface area contributed by atoms with E-state index < -0.39 is 0 Å². The van der Waals surface area contributed by atoms with Crippen molar-refractivity contribution in [2.24, 2.45) is 0 Å². The minimum atomic E-state index is 0.424. The lowest BCUT2D eigenvalue weighted by Gasteiger charge is -2.00. The lowest BCUT2D eigenvalue weighted by atomic mass is 10.4. The fraction of sp³-hybridized carbons (Fsp3) is 0.375. The third-order valence-electron chi connectivity index (χ3n) is 1.71. The molecule has 12 heavy (non-hydrogen) atoms. The summed E-state index contributed by atoms with van der Waals surface area (Å²) in [6, 6.07) is 2.11. The predicted octanol–water partition coefficient (Wildman–Crippen LogP) is 0.863. The van der Waals surface area contributed by atoms with Crippen molar-refractivity contribution in [1.82, 2.24) is 9.97 Å². The minimum Gasteiger partial charge on any atom is -0.351 e. The summed E-state index contributed by atoms with van der Waals surface area (Å²) >= 11 is 0. The largest absolute Gasteiger partial charge is 0.351 e. The number of rotatable bonds is 3. The number of anilines is 1. The highest BCUT2D eigenvalue weighted by Crippen LogP contribution is 2.22. The van der Waals surface area contributed by atoms with Gasteiger partial charge in [-0.25, -0.2) is 9.97 Å². The summed E-state index contributed by atoms with van der Waals surface area (Å²) in [6.45, 7) is 0. The second-order valence-corrected chi connectivity index (χ2v) is 2.84. The van der Waals surface area contributed by atoms with Crippen LogP contribution in [0.4, 0.5) is 5.95 Å². The van der Waals surface area contributed by atoms with Gasteiger partial charge in [0.05, 0.1) is 0 Å². The summed E-state index contributed by atoms with van der Waals surface area (Å²) in [7, 11) is 0. The fourth-order valence-electron chi connectivity index (χ4n) is 0.918. The maximum Gasteiger partial charge on any atom is 0.223 e. The van der Waals surface area contributed by atoms with Gasteiger partial charge in [-0.2, -0.15) is 0 Å². The first-order valence-electron chi connectivity index (χ1n) is 3.93. The molecule has 4 heteroatoms. The van der Waals surface area contributed by atoms with Gasteiger partial charge < -0.3 is 5.32 Å². The van der Waals surface area contributed by atoms with E-state index in [0.29, 0.717) is 17.7 Å². The normalized spacial score (nSPS) is 15.7. The third kappa shape index (κ3) is 1.58. The van der Waals surface area contributed by atoms with Crippen molar-refractivity contribution >= 4 is 12.2 Å². The van der Waals surface area contributed by atoms with Crippen LogP contribution in [0.25, 0.3) is 0 Å². The first-order valence-corrected chi connectivity index (χ1v) is 3.93. The molecule has 4 nitrogen and oxygen atoms in total. The summed E-state index contributed by atoms with van der Waals surface area (Å²) in [5.74, 6) is 0.558. The first kappa shape index (κ1) is 7.21. The second-order valence-electron chi connectivity index (χ2n) is 2.84. The predicted molar refractivity (Wildman–Crippen MR) is 44.1 cm³/mol. The molecule has 1 aromatic heterocycles. The van der Waals surface area contributed by atoms with E-state index in [1.165, 1.54) is 12.8 Å². The van der Waals surface area contributed by atoms with Gasteiger partial charge in [-0.3, -0.25) is 4.79 Å². The topological polar surface area (TPSA) is 54.9 Å². The Morgan fingerprint density at radius 1 is 1.58 bits per heavy atom. The zero-order valence-corrected chi connectivity index (χ0v) is 6.53. The summed E-state index contributed by atoms with van der Waals surface area (Å²) in [5.41, 5.74) is 0.424. The molecule has 1 aliphatic carbocycles. The zero-order valence-electron chi connectivity index (χ0n) is 6.53. The molecule has 0 bridgehead atoms. The molecule has 1 saturated carbocycles. The minimum absolute atomic E-state index is 0.424. The molecule has 0 amide bonds. The highest BCUT2D eigenvalue weighted by molar-refractivity contribution is 5.71. The average molecular weight is 163 g/mol. The van der Waals surface area contributed by atoms with Gasteiger partial charge in [0.1, 0.15) is 5.69 Å². The summed E-state index contributed by atoms with van der Waals surface area (Å²) in [5, 5.41) is 3.11. The van der Waals surface area contributed by atoms with Crippen LogP contribution in [0.15, 0.2) is 12.3 Å². The number of carbonyl (C=O) groups is 1. The van der Waals surface area contributed by atoms with Crippen molar-refractivity contribution in [2.45, 2.75) is 18.9 Å². The van der Waals surface area contributed by atoms with Gasteiger partial charge in [-0.1, -0.05) is 0 Å². The molecule has 0 saturated heterocycles. The van der Waals surface area contributed by atoms with Gasteiger partial charge in [-0.05, 0) is 18.9 Å². The zero-order chi connectivity index (χ0) is 8.39. The van der Waals surface area contributed by atoms with E-state index in [1.54, 1.807) is 12.3 Å². The number of carbonyl (C=O) groups excluding carboxylic acids is 1. The average Bonchev–Trinajstić information content (AvgIpc) is 2.89. The third-order valence-corrected chi connectivity index (χ3v) is 1.71. The Morgan fingerprint density at radius 3 is 3.08 bits per heavy atom. The first-order chi connectivity index (χ1) is 5.88. The van der Waals surface area contributed by atoms with Crippen molar-refractivity contribution in [3.8, 4) is 0 Å². The molecule has 2 rings (SSSR count). The smallest absolute Gasteiger partial charge is 0.223 e.